The number of nitrogens with two attached hydrogens (primary N) is 1. The van der Waals surface area contributed by atoms with E-state index < -0.39 is 0 Å². The van der Waals surface area contributed by atoms with E-state index in [1.165, 1.54) is 11.8 Å². The van der Waals surface area contributed by atoms with Crippen LogP contribution in [0.5, 0.6) is 0 Å². The Hall–Kier alpha value is -1.13. The van der Waals surface area contributed by atoms with Gasteiger partial charge in [0, 0.05) is 16.5 Å². The van der Waals surface area contributed by atoms with Gasteiger partial charge in [0.2, 0.25) is 0 Å². The van der Waals surface area contributed by atoms with Crippen LogP contribution in [-0.4, -0.2) is 4.98 Å². The standard InChI is InChI=1S/C12H13ClN2OS/c1-7-8(2)16-12(15-7)17-6-9-5-10(14)3-4-11(9)13/h3-5H,6,14H2,1-2H3. The predicted molar refractivity (Wildman–Crippen MR) is 71.4 cm³/mol. The maximum absolute atomic E-state index is 6.08. The highest BCUT2D eigenvalue weighted by atomic mass is 35.5. The van der Waals surface area contributed by atoms with Gasteiger partial charge in [0.05, 0.1) is 5.69 Å². The molecule has 90 valence electrons. The molecule has 0 spiro atoms. The highest BCUT2D eigenvalue weighted by Crippen LogP contribution is 2.28. The van der Waals surface area contributed by atoms with Crippen LogP contribution >= 0.6 is 23.4 Å². The summed E-state index contributed by atoms with van der Waals surface area (Å²) in [4.78, 5) is 4.30. The van der Waals surface area contributed by atoms with E-state index in [0.717, 1.165) is 17.0 Å². The van der Waals surface area contributed by atoms with Gasteiger partial charge < -0.3 is 10.2 Å². The Bertz CT molecular complexity index is 520. The molecule has 0 aliphatic carbocycles. The number of hydrogen-bond acceptors (Lipinski definition) is 4. The van der Waals surface area contributed by atoms with Gasteiger partial charge in [-0.1, -0.05) is 23.4 Å². The van der Waals surface area contributed by atoms with Gasteiger partial charge in [-0.2, -0.15) is 0 Å². The predicted octanol–water partition coefficient (Wildman–Crippen LogP) is 3.82. The number of benzene rings is 1. The van der Waals surface area contributed by atoms with Crippen LogP contribution in [0.3, 0.4) is 0 Å². The number of thioether (sulfide) groups is 1. The van der Waals surface area contributed by atoms with E-state index in [1.54, 1.807) is 12.1 Å². The summed E-state index contributed by atoms with van der Waals surface area (Å²) in [5.41, 5.74) is 8.34. The van der Waals surface area contributed by atoms with Crippen molar-refractivity contribution in [3.8, 4) is 0 Å². The molecular formula is C12H13ClN2OS. The minimum atomic E-state index is 0.665. The second kappa shape index (κ2) is 5.02. The summed E-state index contributed by atoms with van der Waals surface area (Å²) in [6.45, 7) is 3.83. The van der Waals surface area contributed by atoms with Gasteiger partial charge in [-0.05, 0) is 37.6 Å². The molecule has 0 unspecified atom stereocenters. The molecule has 0 saturated heterocycles. The lowest BCUT2D eigenvalue weighted by molar-refractivity contribution is 0.431. The molecule has 0 aliphatic rings. The van der Waals surface area contributed by atoms with E-state index in [1.807, 2.05) is 19.9 Å². The van der Waals surface area contributed by atoms with Gasteiger partial charge in [0.25, 0.3) is 5.22 Å². The molecular weight excluding hydrogens is 256 g/mol. The summed E-state index contributed by atoms with van der Waals surface area (Å²) in [5.74, 6) is 1.55. The lowest BCUT2D eigenvalue weighted by Crippen LogP contribution is -1.88. The monoisotopic (exact) mass is 268 g/mol. The molecule has 1 heterocycles. The lowest BCUT2D eigenvalue weighted by Gasteiger charge is -2.03. The van der Waals surface area contributed by atoms with E-state index >= 15 is 0 Å². The summed E-state index contributed by atoms with van der Waals surface area (Å²) in [7, 11) is 0. The number of nitrogens with zero attached hydrogens (tertiary/aromatic N) is 1. The number of halogens is 1. The molecule has 0 radical (unpaired) electrons. The zero-order valence-corrected chi connectivity index (χ0v) is 11.2. The molecule has 17 heavy (non-hydrogen) atoms. The van der Waals surface area contributed by atoms with Crippen molar-refractivity contribution in [2.24, 2.45) is 0 Å². The van der Waals surface area contributed by atoms with E-state index in [2.05, 4.69) is 4.98 Å². The van der Waals surface area contributed by atoms with Crippen molar-refractivity contribution in [1.29, 1.82) is 0 Å². The molecule has 0 bridgehead atoms. The van der Waals surface area contributed by atoms with Crippen LogP contribution < -0.4 is 5.73 Å². The molecule has 2 rings (SSSR count). The smallest absolute Gasteiger partial charge is 0.256 e. The maximum Gasteiger partial charge on any atom is 0.256 e. The molecule has 0 amide bonds. The number of nitrogen functional groups attached to an aromatic ring is 1. The first-order valence-corrected chi connectivity index (χ1v) is 6.53. The minimum Gasteiger partial charge on any atom is -0.437 e. The molecule has 2 N–H and O–H groups in total. The number of aryl methyl sites for hydroxylation is 2. The number of hydrogen-bond donors (Lipinski definition) is 1. The normalized spacial score (nSPS) is 10.8. The van der Waals surface area contributed by atoms with Gasteiger partial charge in [0.1, 0.15) is 5.76 Å². The highest BCUT2D eigenvalue weighted by molar-refractivity contribution is 7.98. The fourth-order valence-electron chi connectivity index (χ4n) is 1.35. The average Bonchev–Trinajstić information content (AvgIpc) is 2.60. The van der Waals surface area contributed by atoms with Gasteiger partial charge >= 0.3 is 0 Å². The van der Waals surface area contributed by atoms with E-state index in [0.29, 0.717) is 21.7 Å². The van der Waals surface area contributed by atoms with Crippen molar-refractivity contribution < 1.29 is 4.42 Å². The van der Waals surface area contributed by atoms with Crippen molar-refractivity contribution in [2.75, 3.05) is 5.73 Å². The van der Waals surface area contributed by atoms with E-state index in [-0.39, 0.29) is 0 Å². The minimum absolute atomic E-state index is 0.665. The molecule has 5 heteroatoms. The largest absolute Gasteiger partial charge is 0.437 e. The van der Waals surface area contributed by atoms with Crippen molar-refractivity contribution in [2.45, 2.75) is 24.8 Å². The molecule has 1 aromatic carbocycles. The van der Waals surface area contributed by atoms with E-state index in [4.69, 9.17) is 21.8 Å². The fourth-order valence-corrected chi connectivity index (χ4v) is 2.52. The summed E-state index contributed by atoms with van der Waals surface area (Å²) in [5, 5.41) is 1.38. The quantitative estimate of drug-likeness (QED) is 0.679. The number of aromatic nitrogens is 1. The first kappa shape index (κ1) is 12.3. The van der Waals surface area contributed by atoms with Gasteiger partial charge in [0.15, 0.2) is 0 Å². The van der Waals surface area contributed by atoms with Gasteiger partial charge in [-0.25, -0.2) is 4.98 Å². The Morgan fingerprint density at radius 3 is 2.82 bits per heavy atom. The first-order chi connectivity index (χ1) is 8.06. The zero-order chi connectivity index (χ0) is 12.4. The number of anilines is 1. The molecule has 1 aromatic heterocycles. The zero-order valence-electron chi connectivity index (χ0n) is 9.66. The van der Waals surface area contributed by atoms with Crippen LogP contribution in [0.15, 0.2) is 27.8 Å². The maximum atomic E-state index is 6.08. The second-order valence-corrected chi connectivity index (χ2v) is 5.09. The van der Waals surface area contributed by atoms with Crippen molar-refractivity contribution in [1.82, 2.24) is 4.98 Å². The number of oxazole rings is 1. The molecule has 0 saturated carbocycles. The van der Waals surface area contributed by atoms with Crippen LogP contribution in [0.25, 0.3) is 0 Å². The van der Waals surface area contributed by atoms with Crippen LogP contribution in [0.1, 0.15) is 17.0 Å². The molecule has 3 nitrogen and oxygen atoms in total. The average molecular weight is 269 g/mol. The Morgan fingerprint density at radius 1 is 1.41 bits per heavy atom. The fraction of sp³-hybridized carbons (Fsp3) is 0.250. The second-order valence-electron chi connectivity index (χ2n) is 3.76. The SMILES string of the molecule is Cc1nc(SCc2cc(N)ccc2Cl)oc1C. The number of rotatable bonds is 3. The summed E-state index contributed by atoms with van der Waals surface area (Å²) < 4.78 is 5.48. The molecule has 0 atom stereocenters. The third-order valence-electron chi connectivity index (χ3n) is 2.43. The third kappa shape index (κ3) is 2.96. The van der Waals surface area contributed by atoms with Crippen molar-refractivity contribution in [3.63, 3.8) is 0 Å². The Kier molecular flexibility index (Phi) is 3.64. The summed E-state index contributed by atoms with van der Waals surface area (Å²) in [6, 6.07) is 5.47. The summed E-state index contributed by atoms with van der Waals surface area (Å²) in [6.07, 6.45) is 0. The first-order valence-electron chi connectivity index (χ1n) is 5.17. The van der Waals surface area contributed by atoms with Crippen LogP contribution in [0, 0.1) is 13.8 Å². The summed E-state index contributed by atoms with van der Waals surface area (Å²) >= 11 is 7.59. The Balaban J connectivity index is 2.09. The third-order valence-corrected chi connectivity index (χ3v) is 3.68. The van der Waals surface area contributed by atoms with Crippen molar-refractivity contribution >= 4 is 29.1 Å². The van der Waals surface area contributed by atoms with Gasteiger partial charge in [-0.15, -0.1) is 0 Å². The van der Waals surface area contributed by atoms with Crippen molar-refractivity contribution in [3.05, 3.63) is 40.2 Å². The van der Waals surface area contributed by atoms with Crippen LogP contribution in [0.4, 0.5) is 5.69 Å². The van der Waals surface area contributed by atoms with Crippen LogP contribution in [0.2, 0.25) is 5.02 Å². The highest BCUT2D eigenvalue weighted by Gasteiger charge is 2.08. The topological polar surface area (TPSA) is 52.0 Å². The van der Waals surface area contributed by atoms with Gasteiger partial charge in [-0.3, -0.25) is 0 Å². The Morgan fingerprint density at radius 2 is 2.18 bits per heavy atom. The Labute approximate surface area is 109 Å². The molecule has 0 aliphatic heterocycles. The van der Waals surface area contributed by atoms with Crippen LogP contribution in [-0.2, 0) is 5.75 Å². The lowest BCUT2D eigenvalue weighted by atomic mass is 10.2. The molecule has 0 fully saturated rings. The van der Waals surface area contributed by atoms with E-state index in [9.17, 15) is 0 Å². The molecule has 2 aromatic rings.